The van der Waals surface area contributed by atoms with Crippen molar-refractivity contribution in [3.63, 3.8) is 0 Å². The molecule has 3 aromatic carbocycles. The Bertz CT molecular complexity index is 1870. The number of benzene rings is 3. The van der Waals surface area contributed by atoms with Crippen LogP contribution >= 0.6 is 0 Å². The van der Waals surface area contributed by atoms with Crippen LogP contribution in [0.2, 0.25) is 0 Å². The van der Waals surface area contributed by atoms with E-state index in [1.807, 2.05) is 0 Å². The zero-order valence-electron chi connectivity index (χ0n) is 27.2. The van der Waals surface area contributed by atoms with Crippen LogP contribution in [0.4, 0.5) is 0 Å². The van der Waals surface area contributed by atoms with Gasteiger partial charge in [-0.1, -0.05) is 144 Å². The molecule has 0 aliphatic heterocycles. The molecule has 0 N–H and O–H groups in total. The van der Waals surface area contributed by atoms with Gasteiger partial charge < -0.3 is 0 Å². The first-order chi connectivity index (χ1) is 21.2. The molecule has 0 saturated heterocycles. The summed E-state index contributed by atoms with van der Waals surface area (Å²) < 4.78 is 0. The van der Waals surface area contributed by atoms with Crippen LogP contribution in [0.3, 0.4) is 0 Å². The van der Waals surface area contributed by atoms with Crippen LogP contribution in [0.5, 0.6) is 0 Å². The van der Waals surface area contributed by atoms with E-state index in [9.17, 15) is 0 Å². The first kappa shape index (κ1) is 28.6. The maximum atomic E-state index is 4.48. The molecule has 44 heavy (non-hydrogen) atoms. The minimum atomic E-state index is -0.291. The van der Waals surface area contributed by atoms with Crippen LogP contribution in [0.25, 0.3) is 16.7 Å². The van der Waals surface area contributed by atoms with Gasteiger partial charge in [-0.15, -0.1) is 0 Å². The highest BCUT2D eigenvalue weighted by Gasteiger charge is 2.56. The first-order valence-electron chi connectivity index (χ1n) is 16.4. The number of rotatable bonds is 4. The fourth-order valence-corrected chi connectivity index (χ4v) is 8.59. The van der Waals surface area contributed by atoms with Gasteiger partial charge in [-0.2, -0.15) is 0 Å². The molecule has 0 heteroatoms. The lowest BCUT2D eigenvalue weighted by molar-refractivity contribution is 0.530. The summed E-state index contributed by atoms with van der Waals surface area (Å²) in [5.41, 5.74) is 18.0. The monoisotopic (exact) mass is 572 g/mol. The fourth-order valence-electron chi connectivity index (χ4n) is 8.59. The zero-order valence-corrected chi connectivity index (χ0v) is 27.2. The number of fused-ring (bicyclic) bond motifs is 5. The van der Waals surface area contributed by atoms with Crippen molar-refractivity contribution in [3.8, 4) is 11.1 Å². The van der Waals surface area contributed by atoms with Gasteiger partial charge >= 0.3 is 0 Å². The van der Waals surface area contributed by atoms with E-state index in [1.165, 1.54) is 61.2 Å². The van der Waals surface area contributed by atoms with Gasteiger partial charge in [0.25, 0.3) is 0 Å². The maximum Gasteiger partial charge on any atom is 0.0657 e. The van der Waals surface area contributed by atoms with Crippen molar-refractivity contribution in [2.24, 2.45) is 5.92 Å². The Morgan fingerprint density at radius 3 is 2.36 bits per heavy atom. The molecule has 0 radical (unpaired) electrons. The second-order valence-corrected chi connectivity index (χ2v) is 14.1. The highest BCUT2D eigenvalue weighted by Crippen LogP contribution is 2.67. The second-order valence-electron chi connectivity index (χ2n) is 14.1. The Labute approximate surface area is 264 Å². The van der Waals surface area contributed by atoms with Gasteiger partial charge in [0, 0.05) is 5.92 Å². The summed E-state index contributed by atoms with van der Waals surface area (Å²) in [7, 11) is 0. The fraction of sp³-hybridized carbons (Fsp3) is 0.273. The molecule has 0 bridgehead atoms. The molecule has 0 amide bonds. The van der Waals surface area contributed by atoms with Gasteiger partial charge in [0.15, 0.2) is 0 Å². The van der Waals surface area contributed by atoms with Crippen LogP contribution < -0.4 is 0 Å². The van der Waals surface area contributed by atoms with Crippen molar-refractivity contribution in [2.75, 3.05) is 0 Å². The van der Waals surface area contributed by atoms with Gasteiger partial charge in [-0.25, -0.2) is 0 Å². The first-order valence-corrected chi connectivity index (χ1v) is 16.4. The average Bonchev–Trinajstić information content (AvgIpc) is 3.47. The topological polar surface area (TPSA) is 0 Å². The summed E-state index contributed by atoms with van der Waals surface area (Å²) in [4.78, 5) is 0. The number of hydrogen-bond donors (Lipinski definition) is 0. The Hall–Kier alpha value is -4.16. The molecule has 3 unspecified atom stereocenters. The normalized spacial score (nSPS) is 24.0. The molecule has 4 aliphatic carbocycles. The standard InChI is InChI=1S/C44H44/c1-8-14-34-37-25-19-28(3)41(33-26-22-31(27-29(33)4)30-20-23-32(24-21-30)43(5,6)7)42(37)44(38(34)9-2)39-17-12-10-15-35(39)36-16-11-13-18-40(36)44/h8-12,14-17,19-28,41H,2,13,18H2,1,3-7H3/b14-8-. The molecule has 0 fully saturated rings. The third kappa shape index (κ3) is 4.03. The van der Waals surface area contributed by atoms with Crippen molar-refractivity contribution in [2.45, 2.75) is 71.1 Å². The molecule has 4 aliphatic rings. The minimum Gasteiger partial charge on any atom is -0.0987 e. The molecular formula is C44H44. The van der Waals surface area contributed by atoms with Gasteiger partial charge in [0.2, 0.25) is 0 Å². The molecule has 3 atom stereocenters. The SMILES string of the molecule is C=CC1=C(/C=C\C)C2=C(C(c3ccc(-c4ccc(C(C)(C)C)cc4)cc3C)C(C)C=C2)C12C1=C(C=CCC1)c1ccccc12. The predicted octanol–water partition coefficient (Wildman–Crippen LogP) is 11.7. The molecule has 7 rings (SSSR count). The Morgan fingerprint density at radius 1 is 0.909 bits per heavy atom. The van der Waals surface area contributed by atoms with E-state index in [2.05, 4.69) is 157 Å². The lowest BCUT2D eigenvalue weighted by Gasteiger charge is -2.42. The third-order valence-corrected chi connectivity index (χ3v) is 10.6. The predicted molar refractivity (Wildman–Crippen MR) is 189 cm³/mol. The number of allylic oxidation sites excluding steroid dienone is 13. The molecular weight excluding hydrogens is 528 g/mol. The Balaban J connectivity index is 1.44. The Kier molecular flexibility index (Phi) is 6.81. The summed E-state index contributed by atoms with van der Waals surface area (Å²) >= 11 is 0. The van der Waals surface area contributed by atoms with Gasteiger partial charge in [-0.3, -0.25) is 0 Å². The van der Waals surface area contributed by atoms with E-state index >= 15 is 0 Å². The van der Waals surface area contributed by atoms with Crippen LogP contribution in [-0.2, 0) is 10.8 Å². The molecule has 0 nitrogen and oxygen atoms in total. The maximum absolute atomic E-state index is 4.48. The third-order valence-electron chi connectivity index (χ3n) is 10.6. The van der Waals surface area contributed by atoms with Crippen molar-refractivity contribution in [1.29, 1.82) is 0 Å². The molecule has 3 aromatic rings. The van der Waals surface area contributed by atoms with Crippen molar-refractivity contribution < 1.29 is 0 Å². The summed E-state index contributed by atoms with van der Waals surface area (Å²) in [6, 6.07) is 25.5. The highest BCUT2D eigenvalue weighted by atomic mass is 14.6. The van der Waals surface area contributed by atoms with E-state index < -0.39 is 0 Å². The summed E-state index contributed by atoms with van der Waals surface area (Å²) in [5.74, 6) is 0.629. The summed E-state index contributed by atoms with van der Waals surface area (Å²) in [5, 5.41) is 0. The zero-order chi connectivity index (χ0) is 30.8. The van der Waals surface area contributed by atoms with Gasteiger partial charge in [0.1, 0.15) is 0 Å². The number of aryl methyl sites for hydroxylation is 1. The highest BCUT2D eigenvalue weighted by molar-refractivity contribution is 5.94. The molecule has 0 saturated carbocycles. The van der Waals surface area contributed by atoms with E-state index in [0.29, 0.717) is 5.92 Å². The summed E-state index contributed by atoms with van der Waals surface area (Å²) in [6.45, 7) is 18.2. The van der Waals surface area contributed by atoms with E-state index in [-0.39, 0.29) is 16.7 Å². The largest absolute Gasteiger partial charge is 0.0987 e. The van der Waals surface area contributed by atoms with Gasteiger partial charge in [0.05, 0.1) is 5.41 Å². The molecule has 0 aromatic heterocycles. The lowest BCUT2D eigenvalue weighted by atomic mass is 9.59. The van der Waals surface area contributed by atoms with Crippen molar-refractivity contribution >= 4 is 5.57 Å². The van der Waals surface area contributed by atoms with Gasteiger partial charge in [-0.05, 0) is 110 Å². The van der Waals surface area contributed by atoms with Crippen molar-refractivity contribution in [3.05, 3.63) is 172 Å². The number of hydrogen-bond acceptors (Lipinski definition) is 0. The van der Waals surface area contributed by atoms with Crippen LogP contribution in [0, 0.1) is 12.8 Å². The summed E-state index contributed by atoms with van der Waals surface area (Å²) in [6.07, 6.45) is 18.5. The molecule has 0 heterocycles. The Morgan fingerprint density at radius 2 is 1.66 bits per heavy atom. The molecule has 1 spiro atoms. The quantitative estimate of drug-likeness (QED) is 0.292. The van der Waals surface area contributed by atoms with Crippen molar-refractivity contribution in [1.82, 2.24) is 0 Å². The lowest BCUT2D eigenvalue weighted by Crippen LogP contribution is -2.35. The van der Waals surface area contributed by atoms with E-state index in [4.69, 9.17) is 0 Å². The smallest absolute Gasteiger partial charge is 0.0657 e. The van der Waals surface area contributed by atoms with E-state index in [0.717, 1.165) is 12.8 Å². The van der Waals surface area contributed by atoms with E-state index in [1.54, 1.807) is 11.1 Å². The van der Waals surface area contributed by atoms with Crippen LogP contribution in [0.15, 0.2) is 144 Å². The minimum absolute atomic E-state index is 0.151. The van der Waals surface area contributed by atoms with Crippen LogP contribution in [0.1, 0.15) is 81.2 Å². The average molecular weight is 573 g/mol. The second kappa shape index (κ2) is 10.5. The van der Waals surface area contributed by atoms with Crippen LogP contribution in [-0.4, -0.2) is 0 Å². The molecule has 220 valence electrons.